The molecule has 3 nitrogen and oxygen atoms in total. The average molecular weight is 395 g/mol. The summed E-state index contributed by atoms with van der Waals surface area (Å²) in [4.78, 5) is 0. The molecule has 0 heterocycles. The Bertz CT molecular complexity index is 183. The monoisotopic (exact) mass is 396 g/mol. The summed E-state index contributed by atoms with van der Waals surface area (Å²) in [7, 11) is 0. The zero-order valence-corrected chi connectivity index (χ0v) is 17.2. The summed E-state index contributed by atoms with van der Waals surface area (Å²) in [5.74, 6) is 0.579. The van der Waals surface area contributed by atoms with Crippen LogP contribution < -0.4 is 0 Å². The van der Waals surface area contributed by atoms with E-state index in [-0.39, 0.29) is 0 Å². The van der Waals surface area contributed by atoms with Crippen LogP contribution in [-0.4, -0.2) is 39.4 Å². The fraction of sp³-hybridized carbons (Fsp3) is 1.00. The van der Waals surface area contributed by atoms with Crippen LogP contribution in [0.3, 0.4) is 0 Å². The molecule has 0 aromatic carbocycles. The van der Waals surface area contributed by atoms with Gasteiger partial charge in [-0.05, 0) is 0 Å². The van der Waals surface area contributed by atoms with Gasteiger partial charge in [0.1, 0.15) is 0 Å². The minimum atomic E-state index is -3.31. The molecule has 0 fully saturated rings. The van der Waals surface area contributed by atoms with E-state index in [1.54, 1.807) is 0 Å². The van der Waals surface area contributed by atoms with Crippen LogP contribution in [0, 0.1) is 5.92 Å². The van der Waals surface area contributed by atoms with Crippen molar-refractivity contribution >= 4 is 19.6 Å². The van der Waals surface area contributed by atoms with E-state index in [9.17, 15) is 0 Å². The normalized spacial score (nSPS) is 12.3. The van der Waals surface area contributed by atoms with Crippen molar-refractivity contribution in [3.63, 3.8) is 0 Å². The molecule has 0 rings (SSSR count). The van der Waals surface area contributed by atoms with Crippen molar-refractivity contribution in [3.05, 3.63) is 0 Å². The van der Waals surface area contributed by atoms with E-state index in [1.807, 2.05) is 0 Å². The first kappa shape index (κ1) is 20.7. The van der Waals surface area contributed by atoms with E-state index in [2.05, 4.69) is 34.6 Å². The first-order valence-corrected chi connectivity index (χ1v) is 14.0. The summed E-state index contributed by atoms with van der Waals surface area (Å²) in [6.07, 6.45) is 6.79. The maximum atomic E-state index is 6.24. The minimum absolute atomic E-state index is 0.579. The van der Waals surface area contributed by atoms with E-state index >= 15 is 0 Å². The molecular weight excluding hydrogens is 359 g/mol. The molecule has 122 valence electrons. The molecule has 0 aromatic heterocycles. The topological polar surface area (TPSA) is 27.7 Å². The van der Waals surface area contributed by atoms with Gasteiger partial charge in [-0.25, -0.2) is 0 Å². The SMILES string of the molecule is CCCC[O][Sn]([CH2]C(C)C)([O]CCCC)[O]CCCC. The summed E-state index contributed by atoms with van der Waals surface area (Å²) in [5, 5.41) is 0. The summed E-state index contributed by atoms with van der Waals surface area (Å²) in [6.45, 7) is 13.5. The molecular formula is C16H36O3Sn. The molecule has 0 aliphatic carbocycles. The Hall–Kier alpha value is 0.679. The van der Waals surface area contributed by atoms with E-state index < -0.39 is 19.6 Å². The molecule has 0 spiro atoms. The predicted octanol–water partition coefficient (Wildman–Crippen LogP) is 5.03. The van der Waals surface area contributed by atoms with Crippen LogP contribution in [0.25, 0.3) is 0 Å². The van der Waals surface area contributed by atoms with Crippen molar-refractivity contribution in [2.75, 3.05) is 19.8 Å². The molecule has 0 saturated heterocycles. The van der Waals surface area contributed by atoms with Gasteiger partial charge in [-0.1, -0.05) is 0 Å². The van der Waals surface area contributed by atoms with Gasteiger partial charge in [0.25, 0.3) is 0 Å². The molecule has 0 aromatic rings. The summed E-state index contributed by atoms with van der Waals surface area (Å²) < 4.78 is 19.7. The molecule has 0 atom stereocenters. The van der Waals surface area contributed by atoms with Crippen molar-refractivity contribution in [1.82, 2.24) is 0 Å². The van der Waals surface area contributed by atoms with Crippen LogP contribution in [0.15, 0.2) is 0 Å². The molecule has 20 heavy (non-hydrogen) atoms. The van der Waals surface area contributed by atoms with Gasteiger partial charge in [0, 0.05) is 0 Å². The van der Waals surface area contributed by atoms with Crippen LogP contribution in [-0.2, 0) is 9.22 Å². The van der Waals surface area contributed by atoms with Crippen LogP contribution >= 0.6 is 0 Å². The summed E-state index contributed by atoms with van der Waals surface area (Å²) in [5.41, 5.74) is 0. The predicted molar refractivity (Wildman–Crippen MR) is 88.0 cm³/mol. The first-order chi connectivity index (χ1) is 9.60. The quantitative estimate of drug-likeness (QED) is 0.305. The molecule has 0 N–H and O–H groups in total. The van der Waals surface area contributed by atoms with Gasteiger partial charge in [0.15, 0.2) is 0 Å². The Balaban J connectivity index is 4.57. The van der Waals surface area contributed by atoms with E-state index in [1.165, 1.54) is 0 Å². The molecule has 0 aliphatic heterocycles. The third-order valence-electron chi connectivity index (χ3n) is 3.12. The Labute approximate surface area is 132 Å². The van der Waals surface area contributed by atoms with Crippen LogP contribution in [0.1, 0.15) is 73.1 Å². The van der Waals surface area contributed by atoms with Crippen molar-refractivity contribution < 1.29 is 9.22 Å². The van der Waals surface area contributed by atoms with Gasteiger partial charge < -0.3 is 0 Å². The van der Waals surface area contributed by atoms with E-state index in [0.717, 1.165) is 62.8 Å². The van der Waals surface area contributed by atoms with Gasteiger partial charge >= 0.3 is 132 Å². The van der Waals surface area contributed by atoms with Crippen LogP contribution in [0.4, 0.5) is 0 Å². The van der Waals surface area contributed by atoms with Gasteiger partial charge in [-0.15, -0.1) is 0 Å². The molecule has 0 aliphatic rings. The number of unbranched alkanes of at least 4 members (excludes halogenated alkanes) is 3. The third kappa shape index (κ3) is 10.4. The molecule has 4 heteroatoms. The van der Waals surface area contributed by atoms with Gasteiger partial charge in [-0.3, -0.25) is 0 Å². The average Bonchev–Trinajstić information content (AvgIpc) is 2.39. The standard InChI is InChI=1S/3C4H9O.C4H9.Sn/c3*1-2-3-4-5;1-4(2)3;/h3*2-4H2,1H3;4H,1H2,2-3H3;/q3*-1;;+3. The van der Waals surface area contributed by atoms with Crippen molar-refractivity contribution in [1.29, 1.82) is 0 Å². The number of hydrogen-bond donors (Lipinski definition) is 0. The Morgan fingerprint density at radius 1 is 0.700 bits per heavy atom. The second-order valence-corrected chi connectivity index (χ2v) is 13.4. The third-order valence-corrected chi connectivity index (χ3v) is 12.4. The fourth-order valence-corrected chi connectivity index (χ4v) is 10.4. The number of rotatable bonds is 14. The van der Waals surface area contributed by atoms with Gasteiger partial charge in [-0.2, -0.15) is 0 Å². The fourth-order valence-electron chi connectivity index (χ4n) is 1.92. The molecule has 0 bridgehead atoms. The van der Waals surface area contributed by atoms with E-state index in [4.69, 9.17) is 9.22 Å². The Kier molecular flexibility index (Phi) is 13.8. The van der Waals surface area contributed by atoms with Crippen molar-refractivity contribution in [3.8, 4) is 0 Å². The molecule has 0 radical (unpaired) electrons. The van der Waals surface area contributed by atoms with Crippen LogP contribution in [0.5, 0.6) is 0 Å². The molecule has 0 saturated carbocycles. The van der Waals surface area contributed by atoms with Gasteiger partial charge in [0.2, 0.25) is 0 Å². The zero-order valence-electron chi connectivity index (χ0n) is 14.4. The number of hydrogen-bond acceptors (Lipinski definition) is 3. The van der Waals surface area contributed by atoms with Crippen molar-refractivity contribution in [2.45, 2.75) is 77.6 Å². The van der Waals surface area contributed by atoms with E-state index in [0.29, 0.717) is 5.92 Å². The van der Waals surface area contributed by atoms with Crippen molar-refractivity contribution in [2.24, 2.45) is 5.92 Å². The molecule has 0 amide bonds. The maximum absolute atomic E-state index is 6.24. The summed E-state index contributed by atoms with van der Waals surface area (Å²) in [6, 6.07) is 0. The summed E-state index contributed by atoms with van der Waals surface area (Å²) >= 11 is -3.31. The first-order valence-electron chi connectivity index (χ1n) is 8.52. The molecule has 0 unspecified atom stereocenters. The van der Waals surface area contributed by atoms with Crippen LogP contribution in [0.2, 0.25) is 4.44 Å². The second-order valence-electron chi connectivity index (χ2n) is 5.89. The Morgan fingerprint density at radius 3 is 1.30 bits per heavy atom. The Morgan fingerprint density at radius 2 is 1.05 bits per heavy atom. The van der Waals surface area contributed by atoms with Gasteiger partial charge in [0.05, 0.1) is 0 Å². The second kappa shape index (κ2) is 13.3. The zero-order chi connectivity index (χ0) is 15.3.